The van der Waals surface area contributed by atoms with Crippen LogP contribution in [0.4, 0.5) is 0 Å². The predicted molar refractivity (Wildman–Crippen MR) is 330 cm³/mol. The Labute approximate surface area is 555 Å². The van der Waals surface area contributed by atoms with Crippen molar-refractivity contribution < 1.29 is 118 Å². The standard InChI is InChI=1S/C62H89N11O24/c1-24(28-5-3-2-4-6-28)39(63)54(88)69-33(53(87)71-40(42(78)34-17-66-60(64)70-34)56(90)72-41(55(89)68-31(19-74)20-75)43(79)35-18-67-61(65)73(35)57-48(84)45(81)44(80)36(21-76)93-57)16-25-7-9-32(10-8-25)92-58-49(85)46(82)51(37(22-77)94-58)96-59-50(86)47(83)52-38(95-59)23-91-62(97-52)29-12-26-11-27(14-29)15-30(62)13-26/h2-10,19,24,26-27,29-31,33-52,57-59,75-86H,11-18,20-23,63H2,1H3,(H2,65,67)(H,68,89)(H,69,88)(H,71,87)(H,72,90)(H3,64,66,70)/t24?,26?,27?,29?,30?,31-,33+,34?,35?,36?,37?,38?,39+,40+,41+,42?,43?,44?,45?,46?,47?,48?,49?,50?,51?,52?,57?,58?,59?,62?/m1/s1. The summed E-state index contributed by atoms with van der Waals surface area (Å²) in [6.07, 6.45) is -23.5. The first-order chi connectivity index (χ1) is 46.4. The van der Waals surface area contributed by atoms with E-state index in [-0.39, 0.29) is 48.5 Å². The van der Waals surface area contributed by atoms with Crippen LogP contribution < -0.4 is 48.5 Å². The van der Waals surface area contributed by atoms with Crippen molar-refractivity contribution >= 4 is 41.8 Å². The normalized spacial score (nSPS) is 38.4. The maximum Gasteiger partial charge on any atom is 0.246 e. The molecule has 4 saturated carbocycles. The van der Waals surface area contributed by atoms with Gasteiger partial charge in [0.25, 0.3) is 0 Å². The Morgan fingerprint density at radius 2 is 1.35 bits per heavy atom. The van der Waals surface area contributed by atoms with Crippen molar-refractivity contribution in [3.8, 4) is 5.75 Å². The Hall–Kier alpha value is -6.43. The summed E-state index contributed by atoms with van der Waals surface area (Å²) in [5, 5.41) is 145. The average molecular weight is 1370 g/mol. The molecule has 35 heteroatoms. The van der Waals surface area contributed by atoms with Gasteiger partial charge in [-0.25, -0.2) is 0 Å². The zero-order chi connectivity index (χ0) is 69.5. The highest BCUT2D eigenvalue weighted by molar-refractivity contribution is 5.96. The number of hydrogen-bond donors (Lipinski definition) is 20. The molecule has 25 atom stereocenters. The number of carbonyl (C=O) groups is 5. The monoisotopic (exact) mass is 1370 g/mol. The maximum atomic E-state index is 15.0. The number of amides is 4. The van der Waals surface area contributed by atoms with Crippen molar-refractivity contribution in [3.63, 3.8) is 0 Å². The van der Waals surface area contributed by atoms with E-state index >= 15 is 0 Å². The van der Waals surface area contributed by atoms with Gasteiger partial charge < -0.3 is 148 Å². The van der Waals surface area contributed by atoms with Gasteiger partial charge in [0, 0.05) is 24.2 Å². The summed E-state index contributed by atoms with van der Waals surface area (Å²) < 4.78 is 42.9. The third-order valence-electron chi connectivity index (χ3n) is 20.6. The van der Waals surface area contributed by atoms with Crippen molar-refractivity contribution in [3.05, 3.63) is 65.7 Å². The minimum atomic E-state index is -2.25. The topological polar surface area (TPSA) is 559 Å². The second kappa shape index (κ2) is 30.2. The fraction of sp³-hybridized carbons (Fsp3) is 0.694. The molecule has 4 bridgehead atoms. The molecule has 1 spiro atoms. The molecule has 6 aliphatic heterocycles. The molecule has 4 saturated heterocycles. The summed E-state index contributed by atoms with van der Waals surface area (Å²) >= 11 is 0. The van der Waals surface area contributed by atoms with Gasteiger partial charge in [-0.05, 0) is 67.2 Å². The van der Waals surface area contributed by atoms with Gasteiger partial charge in [-0.15, -0.1) is 0 Å². The van der Waals surface area contributed by atoms with Crippen molar-refractivity contribution in [1.29, 1.82) is 0 Å². The zero-order valence-electron chi connectivity index (χ0n) is 52.8. The number of rotatable bonds is 25. The largest absolute Gasteiger partial charge is 0.462 e. The number of carbonyl (C=O) groups excluding carboxylic acids is 5. The summed E-state index contributed by atoms with van der Waals surface area (Å²) in [7, 11) is 0. The first-order valence-electron chi connectivity index (χ1n) is 32.6. The van der Waals surface area contributed by atoms with Crippen LogP contribution in [0.5, 0.6) is 5.75 Å². The quantitative estimate of drug-likeness (QED) is 0.0411. The molecule has 8 fully saturated rings. The number of aliphatic hydroxyl groups excluding tert-OH is 12. The SMILES string of the molecule is CC(c1ccccc1)[C@H](N)C(=O)N[C@@H](Cc1ccc(OC2OC(CO)C(OC3OC4COC5(OC4C(O)C3O)C3CC4CC(C3)CC5C4)C(O)C2O)cc1)C(=O)N[C@H](C(=O)N[C@H](C(=O)N[C@H](C=O)CO)C(O)C1CN=C(N)N1C1OC(CO)C(O)C(O)C1O)C(O)C1CN=C(N)N1. The fourth-order valence-electron chi connectivity index (χ4n) is 15.3. The number of nitrogens with two attached hydrogens (primary N) is 3. The maximum absolute atomic E-state index is 15.0. The smallest absolute Gasteiger partial charge is 0.246 e. The Morgan fingerprint density at radius 3 is 1.98 bits per heavy atom. The summed E-state index contributed by atoms with van der Waals surface area (Å²) in [5.41, 5.74) is 19.6. The first-order valence-corrected chi connectivity index (χ1v) is 32.6. The zero-order valence-corrected chi connectivity index (χ0v) is 52.8. The van der Waals surface area contributed by atoms with E-state index in [1.54, 1.807) is 37.3 Å². The Balaban J connectivity index is 0.797. The number of ether oxygens (including phenoxy) is 7. The number of fused-ring (bicyclic) bond motifs is 1. The number of hydrogen-bond acceptors (Lipinski definition) is 31. The minimum Gasteiger partial charge on any atom is -0.462 e. The third kappa shape index (κ3) is 14.6. The van der Waals surface area contributed by atoms with Crippen LogP contribution in [0.1, 0.15) is 56.1 Å². The van der Waals surface area contributed by atoms with Crippen LogP contribution in [0.25, 0.3) is 0 Å². The summed E-state index contributed by atoms with van der Waals surface area (Å²) in [6, 6.07) is 2.49. The second-order valence-corrected chi connectivity index (χ2v) is 26.8. The van der Waals surface area contributed by atoms with Crippen LogP contribution in [0.2, 0.25) is 0 Å². The molecule has 0 radical (unpaired) electrons. The molecular weight excluding hydrogens is 1280 g/mol. The molecule has 2 aromatic rings. The number of aliphatic imine (C=N–C) groups is 2. The van der Waals surface area contributed by atoms with Gasteiger partial charge >= 0.3 is 0 Å². The van der Waals surface area contributed by atoms with Gasteiger partial charge in [-0.3, -0.25) is 29.2 Å². The van der Waals surface area contributed by atoms with Crippen LogP contribution in [0.3, 0.4) is 0 Å². The molecule has 6 heterocycles. The highest BCUT2D eigenvalue weighted by atomic mass is 16.8. The Morgan fingerprint density at radius 1 is 0.711 bits per heavy atom. The lowest BCUT2D eigenvalue weighted by atomic mass is 9.53. The first kappa shape index (κ1) is 71.8. The van der Waals surface area contributed by atoms with Gasteiger partial charge in [0.1, 0.15) is 122 Å². The molecule has 536 valence electrons. The molecule has 97 heavy (non-hydrogen) atoms. The highest BCUT2D eigenvalue weighted by Gasteiger charge is 2.65. The third-order valence-corrected chi connectivity index (χ3v) is 20.6. The second-order valence-electron chi connectivity index (χ2n) is 26.8. The minimum absolute atomic E-state index is 0.00187. The molecular formula is C62H89N11O24. The molecule has 4 amide bonds. The van der Waals surface area contributed by atoms with Gasteiger partial charge in [0.05, 0.1) is 57.6 Å². The molecule has 0 aromatic heterocycles. The van der Waals surface area contributed by atoms with Gasteiger partial charge in [0.15, 0.2) is 30.2 Å². The van der Waals surface area contributed by atoms with Crippen LogP contribution in [-0.4, -0.2) is 300 Å². The Bertz CT molecular complexity index is 3110. The molecule has 10 aliphatic rings. The number of nitrogens with one attached hydrogen (secondary N) is 5. The number of aldehydes is 1. The number of aliphatic hydroxyl groups is 12. The van der Waals surface area contributed by atoms with E-state index in [4.69, 9.17) is 50.4 Å². The van der Waals surface area contributed by atoms with E-state index in [1.807, 2.05) is 0 Å². The fourth-order valence-corrected chi connectivity index (χ4v) is 15.3. The highest BCUT2D eigenvalue weighted by Crippen LogP contribution is 2.61. The number of nitrogens with zero attached hydrogens (tertiary/aromatic N) is 3. The molecule has 12 rings (SSSR count). The van der Waals surface area contributed by atoms with E-state index < -0.39 is 221 Å². The van der Waals surface area contributed by atoms with E-state index in [2.05, 4.69) is 36.6 Å². The van der Waals surface area contributed by atoms with E-state index in [1.165, 1.54) is 30.7 Å². The molecule has 35 nitrogen and oxygen atoms in total. The summed E-state index contributed by atoms with van der Waals surface area (Å²) in [4.78, 5) is 79.4. The lowest BCUT2D eigenvalue weighted by Gasteiger charge is -2.63. The van der Waals surface area contributed by atoms with Gasteiger partial charge in [-0.1, -0.05) is 49.4 Å². The van der Waals surface area contributed by atoms with Crippen LogP contribution in [-0.2, 0) is 58.8 Å². The van der Waals surface area contributed by atoms with E-state index in [0.29, 0.717) is 17.4 Å². The van der Waals surface area contributed by atoms with E-state index in [0.717, 1.165) is 30.6 Å². The summed E-state index contributed by atoms with van der Waals surface area (Å²) in [6.45, 7) is -1.72. The van der Waals surface area contributed by atoms with Crippen molar-refractivity contribution in [2.45, 2.75) is 204 Å². The summed E-state index contributed by atoms with van der Waals surface area (Å²) in [5.74, 6) is -5.41. The van der Waals surface area contributed by atoms with Crippen molar-refractivity contribution in [2.75, 3.05) is 39.5 Å². The van der Waals surface area contributed by atoms with E-state index in [9.17, 15) is 85.3 Å². The van der Waals surface area contributed by atoms with Crippen molar-refractivity contribution in [2.24, 2.45) is 50.9 Å². The van der Waals surface area contributed by atoms with Crippen molar-refractivity contribution in [1.82, 2.24) is 31.5 Å². The van der Waals surface area contributed by atoms with Crippen LogP contribution in [0, 0.1) is 23.7 Å². The molecule has 23 N–H and O–H groups in total. The Kier molecular flexibility index (Phi) is 22.4. The lowest BCUT2D eigenvalue weighted by molar-refractivity contribution is -0.437. The van der Waals surface area contributed by atoms with Gasteiger partial charge in [-0.2, -0.15) is 0 Å². The molecule has 2 aromatic carbocycles. The van der Waals surface area contributed by atoms with Crippen LogP contribution >= 0.6 is 0 Å². The van der Waals surface area contributed by atoms with Crippen LogP contribution in [0.15, 0.2) is 64.6 Å². The molecule has 4 aliphatic carbocycles. The molecule has 20 unspecified atom stereocenters. The van der Waals surface area contributed by atoms with Gasteiger partial charge in [0.2, 0.25) is 29.9 Å². The number of guanidine groups is 2. The lowest BCUT2D eigenvalue weighted by Crippen LogP contribution is -2.71. The number of benzene rings is 2. The predicted octanol–water partition coefficient (Wildman–Crippen LogP) is -9.48. The average Bonchev–Trinajstić information content (AvgIpc) is 1.18.